The van der Waals surface area contributed by atoms with Gasteiger partial charge in [-0.05, 0) is 76.6 Å². The molecule has 2 aromatic rings. The monoisotopic (exact) mass is 490 g/mol. The molecule has 0 spiro atoms. The molecule has 0 aliphatic carbocycles. The SMILES string of the molecule is CC(C)(C)Oc1ccc(CN(C[C@H]2COC(C)(C)O2)C(=O)Nc2ccc(Br)cc2)cc1. The number of carbonyl (C=O) groups is 1. The normalized spacial score (nSPS) is 17.9. The van der Waals surface area contributed by atoms with Gasteiger partial charge in [0.1, 0.15) is 17.5 Å². The quantitative estimate of drug-likeness (QED) is 0.554. The van der Waals surface area contributed by atoms with Crippen molar-refractivity contribution < 1.29 is 19.0 Å². The zero-order valence-electron chi connectivity index (χ0n) is 18.8. The lowest BCUT2D eigenvalue weighted by Gasteiger charge is -2.27. The van der Waals surface area contributed by atoms with Gasteiger partial charge in [0.15, 0.2) is 5.79 Å². The largest absolute Gasteiger partial charge is 0.488 e. The molecule has 2 amide bonds. The maximum absolute atomic E-state index is 13.1. The molecular weight excluding hydrogens is 460 g/mol. The third-order valence-corrected chi connectivity index (χ3v) is 5.12. The molecule has 1 atom stereocenters. The van der Waals surface area contributed by atoms with E-state index in [4.69, 9.17) is 14.2 Å². The van der Waals surface area contributed by atoms with E-state index in [1.165, 1.54) is 0 Å². The second kappa shape index (κ2) is 9.59. The lowest BCUT2D eigenvalue weighted by molar-refractivity contribution is -0.139. The van der Waals surface area contributed by atoms with Crippen LogP contribution in [0.15, 0.2) is 53.0 Å². The van der Waals surface area contributed by atoms with E-state index in [1.54, 1.807) is 4.90 Å². The number of rotatable bonds is 6. The Kier molecular flexibility index (Phi) is 7.29. The zero-order chi connectivity index (χ0) is 22.6. The first-order valence-electron chi connectivity index (χ1n) is 10.4. The Balaban J connectivity index is 1.71. The Morgan fingerprint density at radius 1 is 1.16 bits per heavy atom. The fraction of sp³-hybridized carbons (Fsp3) is 0.458. The summed E-state index contributed by atoms with van der Waals surface area (Å²) in [4.78, 5) is 14.8. The van der Waals surface area contributed by atoms with Gasteiger partial charge < -0.3 is 24.4 Å². The number of nitrogens with zero attached hydrogens (tertiary/aromatic N) is 1. The molecule has 1 saturated heterocycles. The van der Waals surface area contributed by atoms with Crippen molar-refractivity contribution in [2.24, 2.45) is 0 Å². The van der Waals surface area contributed by atoms with Crippen LogP contribution in [-0.4, -0.2) is 41.6 Å². The van der Waals surface area contributed by atoms with Crippen LogP contribution in [0.2, 0.25) is 0 Å². The molecular formula is C24H31BrN2O4. The first kappa shape index (κ1) is 23.6. The number of carbonyl (C=O) groups excluding carboxylic acids is 1. The van der Waals surface area contributed by atoms with Crippen molar-refractivity contribution in [2.75, 3.05) is 18.5 Å². The van der Waals surface area contributed by atoms with Crippen molar-refractivity contribution >= 4 is 27.6 Å². The number of anilines is 1. The molecule has 0 aromatic heterocycles. The summed E-state index contributed by atoms with van der Waals surface area (Å²) < 4.78 is 18.5. The molecule has 0 saturated carbocycles. The minimum atomic E-state index is -0.634. The molecule has 0 radical (unpaired) electrons. The molecule has 31 heavy (non-hydrogen) atoms. The van der Waals surface area contributed by atoms with Crippen molar-refractivity contribution in [3.8, 4) is 5.75 Å². The lowest BCUT2D eigenvalue weighted by atomic mass is 10.1. The van der Waals surface area contributed by atoms with Crippen LogP contribution in [0, 0.1) is 0 Å². The van der Waals surface area contributed by atoms with Crippen LogP contribution >= 0.6 is 15.9 Å². The van der Waals surface area contributed by atoms with Crippen LogP contribution in [0.4, 0.5) is 10.5 Å². The van der Waals surface area contributed by atoms with Crippen LogP contribution in [0.1, 0.15) is 40.2 Å². The summed E-state index contributed by atoms with van der Waals surface area (Å²) in [6.45, 7) is 11.1. The van der Waals surface area contributed by atoms with Crippen LogP contribution in [0.3, 0.4) is 0 Å². The molecule has 1 heterocycles. The van der Waals surface area contributed by atoms with Crippen molar-refractivity contribution in [1.29, 1.82) is 0 Å². The van der Waals surface area contributed by atoms with Crippen molar-refractivity contribution in [3.05, 3.63) is 58.6 Å². The van der Waals surface area contributed by atoms with Gasteiger partial charge in [0.25, 0.3) is 0 Å². The van der Waals surface area contributed by atoms with E-state index in [0.29, 0.717) is 19.7 Å². The highest BCUT2D eigenvalue weighted by Crippen LogP contribution is 2.24. The van der Waals surface area contributed by atoms with Crippen molar-refractivity contribution in [1.82, 2.24) is 4.90 Å². The highest BCUT2D eigenvalue weighted by molar-refractivity contribution is 9.10. The van der Waals surface area contributed by atoms with E-state index in [-0.39, 0.29) is 17.7 Å². The Morgan fingerprint density at radius 2 is 1.81 bits per heavy atom. The predicted molar refractivity (Wildman–Crippen MR) is 125 cm³/mol. The Morgan fingerprint density at radius 3 is 2.35 bits per heavy atom. The molecule has 1 aliphatic heterocycles. The second-order valence-electron chi connectivity index (χ2n) is 9.13. The van der Waals surface area contributed by atoms with Gasteiger partial charge in [-0.3, -0.25) is 0 Å². The maximum Gasteiger partial charge on any atom is 0.322 e. The van der Waals surface area contributed by atoms with Gasteiger partial charge in [0.2, 0.25) is 0 Å². The maximum atomic E-state index is 13.1. The fourth-order valence-electron chi connectivity index (χ4n) is 3.29. The number of amides is 2. The summed E-state index contributed by atoms with van der Waals surface area (Å²) >= 11 is 3.41. The number of urea groups is 1. The number of hydrogen-bond acceptors (Lipinski definition) is 4. The number of halogens is 1. The van der Waals surface area contributed by atoms with Crippen LogP contribution in [-0.2, 0) is 16.0 Å². The minimum absolute atomic E-state index is 0.186. The van der Waals surface area contributed by atoms with Crippen molar-refractivity contribution in [3.63, 3.8) is 0 Å². The molecule has 1 fully saturated rings. The van der Waals surface area contributed by atoms with Gasteiger partial charge in [-0.1, -0.05) is 28.1 Å². The van der Waals surface area contributed by atoms with Gasteiger partial charge in [0, 0.05) is 16.7 Å². The smallest absolute Gasteiger partial charge is 0.322 e. The van der Waals surface area contributed by atoms with Crippen LogP contribution in [0.25, 0.3) is 0 Å². The van der Waals surface area contributed by atoms with E-state index in [2.05, 4.69) is 21.2 Å². The molecule has 1 aliphatic rings. The first-order valence-corrected chi connectivity index (χ1v) is 11.2. The van der Waals surface area contributed by atoms with Crippen molar-refractivity contribution in [2.45, 2.75) is 58.7 Å². The summed E-state index contributed by atoms with van der Waals surface area (Å²) in [5, 5.41) is 2.97. The Bertz CT molecular complexity index is 876. The van der Waals surface area contributed by atoms with E-state index in [9.17, 15) is 4.79 Å². The zero-order valence-corrected chi connectivity index (χ0v) is 20.4. The first-order chi connectivity index (χ1) is 14.5. The van der Waals surface area contributed by atoms with Gasteiger partial charge in [0.05, 0.1) is 13.2 Å². The number of benzene rings is 2. The molecule has 0 unspecified atom stereocenters. The fourth-order valence-corrected chi connectivity index (χ4v) is 3.56. The average molecular weight is 491 g/mol. The Hall–Kier alpha value is -2.09. The number of nitrogens with one attached hydrogen (secondary N) is 1. The van der Waals surface area contributed by atoms with E-state index in [1.807, 2.05) is 83.1 Å². The second-order valence-corrected chi connectivity index (χ2v) is 10.0. The summed E-state index contributed by atoms with van der Waals surface area (Å²) in [5.74, 6) is 0.168. The molecule has 3 rings (SSSR count). The molecule has 168 valence electrons. The summed E-state index contributed by atoms with van der Waals surface area (Å²) in [7, 11) is 0. The summed E-state index contributed by atoms with van der Waals surface area (Å²) in [6, 6.07) is 15.1. The highest BCUT2D eigenvalue weighted by Gasteiger charge is 2.34. The van der Waals surface area contributed by atoms with Gasteiger partial charge in [-0.15, -0.1) is 0 Å². The van der Waals surface area contributed by atoms with Gasteiger partial charge in [-0.2, -0.15) is 0 Å². The molecule has 7 heteroatoms. The topological polar surface area (TPSA) is 60.0 Å². The number of hydrogen-bond donors (Lipinski definition) is 1. The standard InChI is InChI=1S/C24H31BrN2O4/c1-23(2,3)30-20-12-6-17(7-13-20)14-27(15-21-16-29-24(4,5)31-21)22(28)26-19-10-8-18(25)9-11-19/h6-13,21H,14-16H2,1-5H3,(H,26,28)/t21-/m0/s1. The average Bonchev–Trinajstić information content (AvgIpc) is 3.02. The molecule has 0 bridgehead atoms. The predicted octanol–water partition coefficient (Wildman–Crippen LogP) is 5.81. The van der Waals surface area contributed by atoms with Crippen LogP contribution in [0.5, 0.6) is 5.75 Å². The van der Waals surface area contributed by atoms with E-state index in [0.717, 1.165) is 21.5 Å². The van der Waals surface area contributed by atoms with E-state index < -0.39 is 5.79 Å². The van der Waals surface area contributed by atoms with Gasteiger partial charge >= 0.3 is 6.03 Å². The third kappa shape index (κ3) is 7.52. The van der Waals surface area contributed by atoms with Crippen LogP contribution < -0.4 is 10.1 Å². The molecule has 2 aromatic carbocycles. The van der Waals surface area contributed by atoms with E-state index >= 15 is 0 Å². The minimum Gasteiger partial charge on any atom is -0.488 e. The molecule has 1 N–H and O–H groups in total. The third-order valence-electron chi connectivity index (χ3n) is 4.59. The number of ether oxygens (including phenoxy) is 3. The van der Waals surface area contributed by atoms with Gasteiger partial charge in [-0.25, -0.2) is 4.79 Å². The molecule has 6 nitrogen and oxygen atoms in total. The summed E-state index contributed by atoms with van der Waals surface area (Å²) in [5.41, 5.74) is 1.48. The lowest BCUT2D eigenvalue weighted by Crippen LogP contribution is -2.41. The Labute approximate surface area is 193 Å². The highest BCUT2D eigenvalue weighted by atomic mass is 79.9. The summed E-state index contributed by atoms with van der Waals surface area (Å²) in [6.07, 6.45) is -0.186.